The highest BCUT2D eigenvalue weighted by Gasteiger charge is 2.21. The summed E-state index contributed by atoms with van der Waals surface area (Å²) in [5, 5.41) is 0. The molecule has 1 N–H and O–H groups in total. The zero-order valence-corrected chi connectivity index (χ0v) is 7.51. The molecule has 0 amide bonds. The topological polar surface area (TPSA) is 30.5 Å². The van der Waals surface area contributed by atoms with E-state index in [0.717, 1.165) is 6.42 Å². The first kappa shape index (κ1) is 9.82. The first-order valence-electron chi connectivity index (χ1n) is 3.86. The molecule has 0 radical (unpaired) electrons. The number of halogens is 1. The van der Waals surface area contributed by atoms with Crippen molar-refractivity contribution < 1.29 is 9.57 Å². The number of ether oxygens (including phenoxy) is 1. The van der Waals surface area contributed by atoms with Crippen molar-refractivity contribution in [3.05, 3.63) is 0 Å². The van der Waals surface area contributed by atoms with Crippen molar-refractivity contribution in [2.75, 3.05) is 19.0 Å². The van der Waals surface area contributed by atoms with Gasteiger partial charge in [0.15, 0.2) is 0 Å². The van der Waals surface area contributed by atoms with Gasteiger partial charge in [-0.3, -0.25) is 4.84 Å². The van der Waals surface area contributed by atoms with Crippen LogP contribution in [0, 0.1) is 12.3 Å². The van der Waals surface area contributed by atoms with Crippen LogP contribution in [0.15, 0.2) is 0 Å². The lowest BCUT2D eigenvalue weighted by atomic mass is 10.1. The van der Waals surface area contributed by atoms with E-state index in [2.05, 4.69) is 11.4 Å². The molecule has 4 heteroatoms. The zero-order valence-electron chi connectivity index (χ0n) is 6.75. The maximum absolute atomic E-state index is 5.62. The summed E-state index contributed by atoms with van der Waals surface area (Å²) in [5.41, 5.74) is 2.77. The molecular weight excluding hydrogens is 178 g/mol. The molecule has 2 atom stereocenters. The van der Waals surface area contributed by atoms with Gasteiger partial charge in [-0.25, -0.2) is 0 Å². The lowest BCUT2D eigenvalue weighted by Crippen LogP contribution is -2.42. The summed E-state index contributed by atoms with van der Waals surface area (Å²) in [4.78, 5) is 5.12. The van der Waals surface area contributed by atoms with Crippen LogP contribution < -0.4 is 5.48 Å². The second-order valence-electron chi connectivity index (χ2n) is 2.62. The van der Waals surface area contributed by atoms with Gasteiger partial charge < -0.3 is 4.74 Å². The fraction of sp³-hybridized carbons (Fsp3) is 0.750. The number of terminal acetylenes is 1. The second-order valence-corrected chi connectivity index (χ2v) is 2.92. The molecule has 1 heterocycles. The number of rotatable bonds is 3. The number of hydroxylamine groups is 1. The van der Waals surface area contributed by atoms with Crippen molar-refractivity contribution >= 4 is 11.6 Å². The Morgan fingerprint density at radius 1 is 1.75 bits per heavy atom. The van der Waals surface area contributed by atoms with E-state index in [1.807, 2.05) is 0 Å². The van der Waals surface area contributed by atoms with Crippen molar-refractivity contribution in [2.45, 2.75) is 18.6 Å². The number of hydrogen-bond donors (Lipinski definition) is 1. The smallest absolute Gasteiger partial charge is 0.107 e. The van der Waals surface area contributed by atoms with Crippen LogP contribution in [0.2, 0.25) is 0 Å². The summed E-state index contributed by atoms with van der Waals surface area (Å²) in [5.74, 6) is 2.90. The molecule has 1 unspecified atom stereocenters. The van der Waals surface area contributed by atoms with E-state index in [4.69, 9.17) is 27.6 Å². The zero-order chi connectivity index (χ0) is 8.81. The summed E-state index contributed by atoms with van der Waals surface area (Å²) in [6.45, 7) is 1.02. The molecule has 1 fully saturated rings. The summed E-state index contributed by atoms with van der Waals surface area (Å²) < 4.78 is 5.33. The summed E-state index contributed by atoms with van der Waals surface area (Å²) in [7, 11) is 0. The predicted molar refractivity (Wildman–Crippen MR) is 46.8 cm³/mol. The third-order valence-electron chi connectivity index (χ3n) is 1.66. The summed E-state index contributed by atoms with van der Waals surface area (Å²) in [6.07, 6.45) is 6.02. The largest absolute Gasteiger partial charge is 0.364 e. The molecule has 1 aliphatic heterocycles. The lowest BCUT2D eigenvalue weighted by molar-refractivity contribution is -0.101. The Bertz CT molecular complexity index is 169. The average Bonchev–Trinajstić information content (AvgIpc) is 2.15. The lowest BCUT2D eigenvalue weighted by Gasteiger charge is -2.27. The third-order valence-corrected chi connectivity index (χ3v) is 2.01. The van der Waals surface area contributed by atoms with Crippen LogP contribution in [0.4, 0.5) is 0 Å². The Hall–Kier alpha value is -0.270. The van der Waals surface area contributed by atoms with E-state index in [9.17, 15) is 0 Å². The van der Waals surface area contributed by atoms with Crippen molar-refractivity contribution in [1.29, 1.82) is 0 Å². The van der Waals surface area contributed by atoms with Crippen LogP contribution in [0.1, 0.15) is 6.42 Å². The Labute approximate surface area is 77.3 Å². The molecule has 0 bridgehead atoms. The van der Waals surface area contributed by atoms with Gasteiger partial charge in [0, 0.05) is 13.0 Å². The fourth-order valence-electron chi connectivity index (χ4n) is 1.07. The minimum Gasteiger partial charge on any atom is -0.364 e. The Kier molecular flexibility index (Phi) is 4.41. The van der Waals surface area contributed by atoms with E-state index in [-0.39, 0.29) is 12.2 Å². The van der Waals surface area contributed by atoms with Gasteiger partial charge in [-0.2, -0.15) is 5.48 Å². The van der Waals surface area contributed by atoms with Gasteiger partial charge in [0.1, 0.15) is 6.61 Å². The van der Waals surface area contributed by atoms with E-state index in [0.29, 0.717) is 19.0 Å². The van der Waals surface area contributed by atoms with Crippen LogP contribution in [0.5, 0.6) is 0 Å². The first-order chi connectivity index (χ1) is 5.86. The molecule has 0 saturated carbocycles. The molecule has 0 aliphatic carbocycles. The van der Waals surface area contributed by atoms with Crippen molar-refractivity contribution in [3.63, 3.8) is 0 Å². The number of alkyl halides is 1. The minimum atomic E-state index is 0.0307. The highest BCUT2D eigenvalue weighted by Crippen LogP contribution is 2.11. The highest BCUT2D eigenvalue weighted by atomic mass is 35.5. The molecule has 1 aliphatic rings. The fourth-order valence-corrected chi connectivity index (χ4v) is 1.26. The highest BCUT2D eigenvalue weighted by molar-refractivity contribution is 6.18. The predicted octanol–water partition coefficient (Wildman–Crippen LogP) is 0.537. The molecule has 12 heavy (non-hydrogen) atoms. The normalized spacial score (nSPS) is 29.7. The van der Waals surface area contributed by atoms with Gasteiger partial charge in [-0.1, -0.05) is 5.92 Å². The Balaban J connectivity index is 2.22. The Morgan fingerprint density at radius 2 is 2.58 bits per heavy atom. The Morgan fingerprint density at radius 3 is 3.25 bits per heavy atom. The van der Waals surface area contributed by atoms with Crippen LogP contribution in [-0.4, -0.2) is 31.2 Å². The molecule has 0 aromatic heterocycles. The average molecular weight is 190 g/mol. The van der Waals surface area contributed by atoms with Gasteiger partial charge in [-0.05, 0) is 0 Å². The monoisotopic (exact) mass is 189 g/mol. The molecule has 0 spiro atoms. The molecule has 0 aromatic rings. The van der Waals surface area contributed by atoms with Gasteiger partial charge in [-0.15, -0.1) is 18.0 Å². The second kappa shape index (κ2) is 5.39. The van der Waals surface area contributed by atoms with E-state index in [1.54, 1.807) is 0 Å². The van der Waals surface area contributed by atoms with Crippen LogP contribution in [-0.2, 0) is 9.57 Å². The van der Waals surface area contributed by atoms with E-state index < -0.39 is 0 Å². The first-order valence-corrected chi connectivity index (χ1v) is 4.39. The molecule has 1 rings (SSSR count). The number of hydrogen-bond acceptors (Lipinski definition) is 3. The maximum Gasteiger partial charge on any atom is 0.107 e. The van der Waals surface area contributed by atoms with Gasteiger partial charge >= 0.3 is 0 Å². The third kappa shape index (κ3) is 3.00. The molecule has 1 saturated heterocycles. The van der Waals surface area contributed by atoms with Crippen molar-refractivity contribution in [1.82, 2.24) is 5.48 Å². The minimum absolute atomic E-state index is 0.0307. The molecular formula is C8H12ClNO2. The van der Waals surface area contributed by atoms with Gasteiger partial charge in [0.2, 0.25) is 0 Å². The maximum atomic E-state index is 5.62. The molecule has 0 aromatic carbocycles. The van der Waals surface area contributed by atoms with Crippen molar-refractivity contribution in [3.8, 4) is 12.3 Å². The van der Waals surface area contributed by atoms with E-state index in [1.165, 1.54) is 0 Å². The van der Waals surface area contributed by atoms with Gasteiger partial charge in [0.25, 0.3) is 0 Å². The quantitative estimate of drug-likeness (QED) is 0.519. The number of nitrogens with one attached hydrogen (secondary N) is 1. The SMILES string of the molecule is C#CCOC1CNO[C@H](CCl)C1. The summed E-state index contributed by atoms with van der Waals surface area (Å²) in [6, 6.07) is 0. The molecule has 3 nitrogen and oxygen atoms in total. The molecule has 68 valence electrons. The summed E-state index contributed by atoms with van der Waals surface area (Å²) >= 11 is 5.62. The van der Waals surface area contributed by atoms with E-state index >= 15 is 0 Å². The van der Waals surface area contributed by atoms with Crippen LogP contribution >= 0.6 is 11.6 Å². The van der Waals surface area contributed by atoms with Crippen LogP contribution in [0.25, 0.3) is 0 Å². The van der Waals surface area contributed by atoms with Gasteiger partial charge in [0.05, 0.1) is 18.1 Å². The van der Waals surface area contributed by atoms with Crippen LogP contribution in [0.3, 0.4) is 0 Å². The standard InChI is InChI=1S/C8H12ClNO2/c1-2-3-11-8-4-7(5-9)12-10-6-8/h1,7-8,10H,3-6H2/t7-,8?/m0/s1. The van der Waals surface area contributed by atoms with Crippen molar-refractivity contribution in [2.24, 2.45) is 0 Å².